The zero-order valence-corrected chi connectivity index (χ0v) is 12.4. The van der Waals surface area contributed by atoms with Gasteiger partial charge in [0.2, 0.25) is 0 Å². The first-order valence-electron chi connectivity index (χ1n) is 6.02. The van der Waals surface area contributed by atoms with Crippen LogP contribution in [0.25, 0.3) is 0 Å². The van der Waals surface area contributed by atoms with E-state index >= 15 is 0 Å². The minimum Gasteiger partial charge on any atom is -0.345 e. The second-order valence-corrected chi connectivity index (χ2v) is 5.36. The van der Waals surface area contributed by atoms with Crippen molar-refractivity contribution >= 4 is 30.1 Å². The highest BCUT2D eigenvalue weighted by Gasteiger charge is 2.15. The molecule has 0 fully saturated rings. The van der Waals surface area contributed by atoms with Gasteiger partial charge in [-0.25, -0.2) is 4.39 Å². The maximum Gasteiger partial charge on any atom is 0.254 e. The van der Waals surface area contributed by atoms with Gasteiger partial charge in [0.05, 0.1) is 11.6 Å². The summed E-state index contributed by atoms with van der Waals surface area (Å²) in [6.45, 7) is 1.82. The van der Waals surface area contributed by atoms with Gasteiger partial charge in [-0.2, -0.15) is 0 Å². The van der Waals surface area contributed by atoms with Gasteiger partial charge in [-0.05, 0) is 42.8 Å². The van der Waals surface area contributed by atoms with E-state index in [0.717, 1.165) is 5.56 Å². The van der Waals surface area contributed by atoms with Crippen LogP contribution in [0.3, 0.4) is 0 Å². The predicted molar refractivity (Wildman–Crippen MR) is 81.0 cm³/mol. The summed E-state index contributed by atoms with van der Waals surface area (Å²) in [7, 11) is 0. The van der Waals surface area contributed by atoms with Gasteiger partial charge in [0.25, 0.3) is 5.91 Å². The molecular formula is C15H13ClFNOS. The number of carbonyl (C=O) groups excluding carboxylic acids is 1. The smallest absolute Gasteiger partial charge is 0.254 e. The normalized spacial score (nSPS) is 12.0. The number of amides is 1. The average Bonchev–Trinajstić information content (AvgIpc) is 2.42. The van der Waals surface area contributed by atoms with Crippen molar-refractivity contribution in [2.75, 3.05) is 0 Å². The summed E-state index contributed by atoms with van der Waals surface area (Å²) in [5.41, 5.74) is 0.878. The number of nitrogens with one attached hydrogen (secondary N) is 1. The van der Waals surface area contributed by atoms with E-state index in [1.165, 1.54) is 18.2 Å². The van der Waals surface area contributed by atoms with Crippen molar-refractivity contribution in [3.8, 4) is 0 Å². The van der Waals surface area contributed by atoms with Crippen LogP contribution in [-0.2, 0) is 0 Å². The summed E-state index contributed by atoms with van der Waals surface area (Å²) in [6.07, 6.45) is 0. The van der Waals surface area contributed by atoms with Crippen molar-refractivity contribution in [2.24, 2.45) is 0 Å². The molecule has 0 spiro atoms. The number of hydrogen-bond donors (Lipinski definition) is 2. The molecule has 0 aliphatic rings. The van der Waals surface area contributed by atoms with Gasteiger partial charge < -0.3 is 5.32 Å². The molecule has 0 aliphatic heterocycles. The van der Waals surface area contributed by atoms with Crippen LogP contribution in [0.1, 0.15) is 28.9 Å². The Labute approximate surface area is 127 Å². The minimum absolute atomic E-state index is 0.0155. The van der Waals surface area contributed by atoms with Crippen LogP contribution in [0, 0.1) is 5.82 Å². The van der Waals surface area contributed by atoms with Crippen molar-refractivity contribution < 1.29 is 9.18 Å². The Kier molecular flexibility index (Phi) is 4.68. The van der Waals surface area contributed by atoms with Crippen LogP contribution in [0.5, 0.6) is 0 Å². The van der Waals surface area contributed by atoms with Crippen molar-refractivity contribution in [1.82, 2.24) is 5.32 Å². The minimum atomic E-state index is -0.566. The van der Waals surface area contributed by atoms with E-state index in [1.54, 1.807) is 12.1 Å². The number of hydrogen-bond acceptors (Lipinski definition) is 2. The van der Waals surface area contributed by atoms with Gasteiger partial charge in [-0.1, -0.05) is 23.7 Å². The molecule has 0 aliphatic carbocycles. The molecule has 2 nitrogen and oxygen atoms in total. The fourth-order valence-corrected chi connectivity index (χ4v) is 2.13. The fraction of sp³-hybridized carbons (Fsp3) is 0.133. The first kappa shape index (κ1) is 14.9. The number of thiol groups is 1. The summed E-state index contributed by atoms with van der Waals surface area (Å²) in [6, 6.07) is 11.0. The van der Waals surface area contributed by atoms with Crippen LogP contribution >= 0.6 is 24.2 Å². The molecule has 2 aromatic carbocycles. The molecule has 1 amide bonds. The number of rotatable bonds is 3. The van der Waals surface area contributed by atoms with Crippen molar-refractivity contribution in [3.63, 3.8) is 0 Å². The molecule has 20 heavy (non-hydrogen) atoms. The Morgan fingerprint density at radius 1 is 1.25 bits per heavy atom. The quantitative estimate of drug-likeness (QED) is 0.815. The molecular weight excluding hydrogens is 297 g/mol. The van der Waals surface area contributed by atoms with Crippen LogP contribution in [0.4, 0.5) is 4.39 Å². The molecule has 0 radical (unpaired) electrons. The summed E-state index contributed by atoms with van der Waals surface area (Å²) in [5, 5.41) is 3.37. The molecule has 0 aromatic heterocycles. The zero-order valence-electron chi connectivity index (χ0n) is 10.7. The fourth-order valence-electron chi connectivity index (χ4n) is 1.80. The molecule has 0 heterocycles. The van der Waals surface area contributed by atoms with Gasteiger partial charge in [-0.15, -0.1) is 12.6 Å². The van der Waals surface area contributed by atoms with Gasteiger partial charge in [0.1, 0.15) is 5.82 Å². The topological polar surface area (TPSA) is 29.1 Å². The second kappa shape index (κ2) is 6.29. The second-order valence-electron chi connectivity index (χ2n) is 4.41. The Morgan fingerprint density at radius 2 is 1.90 bits per heavy atom. The van der Waals surface area contributed by atoms with Gasteiger partial charge >= 0.3 is 0 Å². The first-order chi connectivity index (χ1) is 9.47. The lowest BCUT2D eigenvalue weighted by atomic mass is 10.1. The van der Waals surface area contributed by atoms with E-state index in [1.807, 2.05) is 19.1 Å². The van der Waals surface area contributed by atoms with Gasteiger partial charge in [0.15, 0.2) is 0 Å². The van der Waals surface area contributed by atoms with Crippen molar-refractivity contribution in [1.29, 1.82) is 0 Å². The maximum absolute atomic E-state index is 13.6. The van der Waals surface area contributed by atoms with E-state index < -0.39 is 11.7 Å². The number of halogens is 2. The van der Waals surface area contributed by atoms with Crippen molar-refractivity contribution in [2.45, 2.75) is 17.9 Å². The van der Waals surface area contributed by atoms with Crippen LogP contribution in [0.2, 0.25) is 5.02 Å². The third-order valence-electron chi connectivity index (χ3n) is 2.91. The lowest BCUT2D eigenvalue weighted by Crippen LogP contribution is -2.27. The van der Waals surface area contributed by atoms with E-state index in [2.05, 4.69) is 17.9 Å². The summed E-state index contributed by atoms with van der Waals surface area (Å²) in [4.78, 5) is 12.6. The maximum atomic E-state index is 13.6. The van der Waals surface area contributed by atoms with E-state index in [0.29, 0.717) is 9.92 Å². The average molecular weight is 310 g/mol. The third-order valence-corrected chi connectivity index (χ3v) is 3.44. The van der Waals surface area contributed by atoms with Gasteiger partial charge in [-0.3, -0.25) is 4.79 Å². The molecule has 0 saturated carbocycles. The molecule has 1 N–H and O–H groups in total. The Morgan fingerprint density at radius 3 is 2.55 bits per heavy atom. The molecule has 0 saturated heterocycles. The monoisotopic (exact) mass is 309 g/mol. The number of carbonyl (C=O) groups is 1. The Hall–Kier alpha value is -1.52. The summed E-state index contributed by atoms with van der Waals surface area (Å²) >= 11 is 9.92. The van der Waals surface area contributed by atoms with Crippen molar-refractivity contribution in [3.05, 3.63) is 64.4 Å². The molecule has 0 bridgehead atoms. The molecule has 1 unspecified atom stereocenters. The Balaban J connectivity index is 2.15. The third kappa shape index (κ3) is 3.52. The van der Waals surface area contributed by atoms with E-state index in [-0.39, 0.29) is 11.6 Å². The van der Waals surface area contributed by atoms with E-state index in [9.17, 15) is 9.18 Å². The van der Waals surface area contributed by atoms with Crippen LogP contribution in [-0.4, -0.2) is 5.91 Å². The highest BCUT2D eigenvalue weighted by molar-refractivity contribution is 7.80. The van der Waals surface area contributed by atoms with E-state index in [4.69, 9.17) is 11.6 Å². The standard InChI is InChI=1S/C15H13ClFNOS/c1-9(10-2-4-11(16)5-3-10)18-15(19)13-8-12(20)6-7-14(13)17/h2-9,20H,1H3,(H,18,19). The lowest BCUT2D eigenvalue weighted by Gasteiger charge is -2.15. The summed E-state index contributed by atoms with van der Waals surface area (Å²) < 4.78 is 13.6. The molecule has 5 heteroatoms. The van der Waals surface area contributed by atoms with Crippen LogP contribution < -0.4 is 5.32 Å². The largest absolute Gasteiger partial charge is 0.345 e. The SMILES string of the molecule is CC(NC(=O)c1cc(S)ccc1F)c1ccc(Cl)cc1. The Bertz CT molecular complexity index is 630. The lowest BCUT2D eigenvalue weighted by molar-refractivity contribution is 0.0935. The molecule has 2 rings (SSSR count). The highest BCUT2D eigenvalue weighted by atomic mass is 35.5. The highest BCUT2D eigenvalue weighted by Crippen LogP contribution is 2.18. The first-order valence-corrected chi connectivity index (χ1v) is 6.84. The number of benzene rings is 2. The molecule has 104 valence electrons. The molecule has 2 aromatic rings. The summed E-state index contributed by atoms with van der Waals surface area (Å²) in [5.74, 6) is -1.04. The van der Waals surface area contributed by atoms with Crippen LogP contribution in [0.15, 0.2) is 47.4 Å². The zero-order chi connectivity index (χ0) is 14.7. The molecule has 1 atom stereocenters. The van der Waals surface area contributed by atoms with Gasteiger partial charge in [0, 0.05) is 9.92 Å². The predicted octanol–water partition coefficient (Wildman–Crippen LogP) is 4.26.